The third kappa shape index (κ3) is 3.58. The Bertz CT molecular complexity index is 62.1. The number of nitrogens with zero attached hydrogens (tertiary/aromatic N) is 1. The first-order valence-corrected chi connectivity index (χ1v) is 3.23. The summed E-state index contributed by atoms with van der Waals surface area (Å²) in [4.78, 5) is 0. The summed E-state index contributed by atoms with van der Waals surface area (Å²) in [6.45, 7) is 2.31. The van der Waals surface area contributed by atoms with Gasteiger partial charge in [0.1, 0.15) is 0 Å². The average Bonchev–Trinajstić information content (AvgIpc) is 1.90. The molecule has 0 aromatic rings. The van der Waals surface area contributed by atoms with Crippen LogP contribution in [0.4, 0.5) is 0 Å². The zero-order chi connectivity index (χ0) is 5.82. The molecule has 0 amide bonds. The summed E-state index contributed by atoms with van der Waals surface area (Å²) in [6, 6.07) is 0.649. The second-order valence-corrected chi connectivity index (χ2v) is 2.24. The van der Waals surface area contributed by atoms with Gasteiger partial charge in [-0.15, -0.1) is 6.04 Å². The van der Waals surface area contributed by atoms with Gasteiger partial charge in [-0.3, -0.25) is 0 Å². The second-order valence-electron chi connectivity index (χ2n) is 2.24. The van der Waals surface area contributed by atoms with Gasteiger partial charge in [-0.05, 0) is 13.1 Å². The minimum Gasteiger partial charge on any atom is -0.662 e. The third-order valence-electron chi connectivity index (χ3n) is 1.67. The Morgan fingerprint density at radius 2 is 1.89 bits per heavy atom. The third-order valence-corrected chi connectivity index (χ3v) is 1.67. The topological polar surface area (TPSA) is 26.1 Å². The van der Waals surface area contributed by atoms with Crippen molar-refractivity contribution >= 4 is 0 Å². The number of hydrogen-bond donors (Lipinski definition) is 1. The van der Waals surface area contributed by atoms with Crippen LogP contribution in [0.3, 0.4) is 0 Å². The summed E-state index contributed by atoms with van der Waals surface area (Å²) in [5.74, 6) is 0. The zero-order valence-electron chi connectivity index (χ0n) is 6.35. The molecule has 0 spiro atoms. The van der Waals surface area contributed by atoms with Gasteiger partial charge >= 0.3 is 29.6 Å². The SMILES string of the molecule is C[N-]C1CCNCC1.[Na+]. The van der Waals surface area contributed by atoms with Gasteiger partial charge in [0, 0.05) is 0 Å². The number of hydrogen-bond acceptors (Lipinski definition) is 1. The van der Waals surface area contributed by atoms with Crippen molar-refractivity contribution in [1.82, 2.24) is 5.32 Å². The van der Waals surface area contributed by atoms with Crippen molar-refractivity contribution in [1.29, 1.82) is 0 Å². The summed E-state index contributed by atoms with van der Waals surface area (Å²) in [5.41, 5.74) is 0. The van der Waals surface area contributed by atoms with Gasteiger partial charge in [0.2, 0.25) is 0 Å². The van der Waals surface area contributed by atoms with Crippen LogP contribution in [0, 0.1) is 0 Å². The molecule has 1 heterocycles. The Balaban J connectivity index is 0.000000640. The molecule has 0 aromatic carbocycles. The van der Waals surface area contributed by atoms with Crippen molar-refractivity contribution in [3.63, 3.8) is 0 Å². The van der Waals surface area contributed by atoms with E-state index in [1.54, 1.807) is 0 Å². The molecule has 3 heteroatoms. The summed E-state index contributed by atoms with van der Waals surface area (Å²) in [5, 5.41) is 7.50. The molecule has 2 nitrogen and oxygen atoms in total. The number of nitrogens with one attached hydrogen (secondary N) is 1. The van der Waals surface area contributed by atoms with E-state index < -0.39 is 0 Å². The summed E-state index contributed by atoms with van der Waals surface area (Å²) >= 11 is 0. The van der Waals surface area contributed by atoms with Crippen LogP contribution in [0.2, 0.25) is 0 Å². The zero-order valence-corrected chi connectivity index (χ0v) is 8.35. The maximum Gasteiger partial charge on any atom is 1.00 e. The molecule has 0 unspecified atom stereocenters. The van der Waals surface area contributed by atoms with Crippen LogP contribution in [0.1, 0.15) is 12.8 Å². The van der Waals surface area contributed by atoms with E-state index in [1.165, 1.54) is 12.8 Å². The Kier molecular flexibility index (Phi) is 6.27. The van der Waals surface area contributed by atoms with Crippen molar-refractivity contribution in [2.75, 3.05) is 20.1 Å². The molecule has 0 bridgehead atoms. The van der Waals surface area contributed by atoms with E-state index >= 15 is 0 Å². The van der Waals surface area contributed by atoms with E-state index in [9.17, 15) is 0 Å². The number of piperidine rings is 1. The first-order chi connectivity index (χ1) is 3.93. The van der Waals surface area contributed by atoms with Crippen LogP contribution in [-0.4, -0.2) is 26.2 Å². The molecule has 0 saturated carbocycles. The average molecular weight is 136 g/mol. The van der Waals surface area contributed by atoms with Crippen LogP contribution in [0.15, 0.2) is 0 Å². The van der Waals surface area contributed by atoms with Crippen LogP contribution in [0.5, 0.6) is 0 Å². The van der Waals surface area contributed by atoms with Gasteiger partial charge in [-0.2, -0.15) is 7.05 Å². The van der Waals surface area contributed by atoms with Crippen molar-refractivity contribution < 1.29 is 29.6 Å². The van der Waals surface area contributed by atoms with Gasteiger partial charge in [0.25, 0.3) is 0 Å². The number of rotatable bonds is 1. The fourth-order valence-electron chi connectivity index (χ4n) is 1.06. The summed E-state index contributed by atoms with van der Waals surface area (Å²) in [6.07, 6.45) is 2.47. The molecule has 1 N–H and O–H groups in total. The van der Waals surface area contributed by atoms with Crippen LogP contribution >= 0.6 is 0 Å². The normalized spacial score (nSPS) is 21.0. The van der Waals surface area contributed by atoms with E-state index in [1.807, 2.05) is 7.05 Å². The van der Waals surface area contributed by atoms with E-state index in [0.29, 0.717) is 6.04 Å². The maximum absolute atomic E-state index is 4.21. The monoisotopic (exact) mass is 136 g/mol. The van der Waals surface area contributed by atoms with Crippen molar-refractivity contribution in [3.05, 3.63) is 5.32 Å². The Hall–Kier alpha value is 0.920. The van der Waals surface area contributed by atoms with Crippen LogP contribution < -0.4 is 34.9 Å². The standard InChI is InChI=1S/C6H13N2.Na/c1-7-6-2-4-8-5-3-6;/h6,8H,2-5H2,1H3;/q-1;+1. The molecule has 0 aromatic heterocycles. The Morgan fingerprint density at radius 3 is 2.22 bits per heavy atom. The summed E-state index contributed by atoms with van der Waals surface area (Å²) in [7, 11) is 1.91. The molecular weight excluding hydrogens is 123 g/mol. The molecule has 1 aliphatic rings. The molecular formula is C6H13N2Na. The Morgan fingerprint density at radius 1 is 1.33 bits per heavy atom. The first-order valence-electron chi connectivity index (χ1n) is 3.23. The predicted molar refractivity (Wildman–Crippen MR) is 35.2 cm³/mol. The maximum atomic E-state index is 4.21. The Labute approximate surface area is 79.1 Å². The first kappa shape index (κ1) is 9.92. The minimum atomic E-state index is 0. The van der Waals surface area contributed by atoms with Crippen molar-refractivity contribution in [2.24, 2.45) is 0 Å². The van der Waals surface area contributed by atoms with Gasteiger partial charge in [0.15, 0.2) is 0 Å². The van der Waals surface area contributed by atoms with E-state index in [0.717, 1.165) is 13.1 Å². The second kappa shape index (κ2) is 5.69. The fraction of sp³-hybridized carbons (Fsp3) is 1.00. The predicted octanol–water partition coefficient (Wildman–Crippen LogP) is -2.25. The van der Waals surface area contributed by atoms with Crippen LogP contribution in [-0.2, 0) is 0 Å². The van der Waals surface area contributed by atoms with E-state index in [2.05, 4.69) is 10.6 Å². The van der Waals surface area contributed by atoms with E-state index in [-0.39, 0.29) is 29.6 Å². The van der Waals surface area contributed by atoms with Gasteiger partial charge < -0.3 is 10.6 Å². The van der Waals surface area contributed by atoms with Gasteiger partial charge in [-0.1, -0.05) is 12.8 Å². The summed E-state index contributed by atoms with van der Waals surface area (Å²) < 4.78 is 0. The molecule has 0 radical (unpaired) electrons. The van der Waals surface area contributed by atoms with Crippen molar-refractivity contribution in [3.8, 4) is 0 Å². The molecule has 1 fully saturated rings. The smallest absolute Gasteiger partial charge is 0.662 e. The molecule has 48 valence electrons. The largest absolute Gasteiger partial charge is 1.00 e. The van der Waals surface area contributed by atoms with Crippen LogP contribution in [0.25, 0.3) is 5.32 Å². The molecule has 0 aliphatic carbocycles. The molecule has 1 saturated heterocycles. The fourth-order valence-corrected chi connectivity index (χ4v) is 1.06. The molecule has 1 rings (SSSR count). The molecule has 0 atom stereocenters. The van der Waals surface area contributed by atoms with E-state index in [4.69, 9.17) is 0 Å². The quantitative estimate of drug-likeness (QED) is 0.405. The van der Waals surface area contributed by atoms with Gasteiger partial charge in [-0.25, -0.2) is 0 Å². The molecule has 9 heavy (non-hydrogen) atoms. The van der Waals surface area contributed by atoms with Crippen molar-refractivity contribution in [2.45, 2.75) is 18.9 Å². The van der Waals surface area contributed by atoms with Gasteiger partial charge in [0.05, 0.1) is 0 Å². The molecule has 1 aliphatic heterocycles. The minimum absolute atomic E-state index is 0.